The van der Waals surface area contributed by atoms with Gasteiger partial charge >= 0.3 is 0 Å². The van der Waals surface area contributed by atoms with Crippen molar-refractivity contribution in [3.8, 4) is 11.5 Å². The Morgan fingerprint density at radius 2 is 1.81 bits per heavy atom. The summed E-state index contributed by atoms with van der Waals surface area (Å²) >= 11 is 0. The van der Waals surface area contributed by atoms with Crippen LogP contribution >= 0.6 is 0 Å². The number of hydrogen-bond donors (Lipinski definition) is 2. The molecule has 8 heteroatoms. The number of hydrogen-bond acceptors (Lipinski definition) is 6. The maximum atomic E-state index is 12.7. The summed E-state index contributed by atoms with van der Waals surface area (Å²) in [4.78, 5) is 24.0. The third kappa shape index (κ3) is 5.75. The summed E-state index contributed by atoms with van der Waals surface area (Å²) in [6, 6.07) is 17.8. The van der Waals surface area contributed by atoms with Crippen molar-refractivity contribution in [1.82, 2.24) is 19.4 Å². The zero-order valence-electron chi connectivity index (χ0n) is 21.9. The number of aromatic nitrogens is 3. The molecule has 0 atom stereocenters. The minimum absolute atomic E-state index is 0.0183. The van der Waals surface area contributed by atoms with Gasteiger partial charge in [0.15, 0.2) is 0 Å². The summed E-state index contributed by atoms with van der Waals surface area (Å²) in [6.45, 7) is 6.24. The minimum atomic E-state index is 0.0183. The number of benzene rings is 2. The third-order valence-electron chi connectivity index (χ3n) is 6.97. The van der Waals surface area contributed by atoms with Crippen LogP contribution in [-0.2, 0) is 11.8 Å². The highest BCUT2D eigenvalue weighted by atomic mass is 16.5. The number of fused-ring (bicyclic) bond motifs is 1. The Labute approximate surface area is 217 Å². The molecule has 3 heterocycles. The summed E-state index contributed by atoms with van der Waals surface area (Å²) in [7, 11) is 4.08. The number of carbonyl (C=O) groups is 1. The third-order valence-corrected chi connectivity index (χ3v) is 6.97. The molecule has 1 amide bonds. The number of aryl methyl sites for hydroxylation is 1. The zero-order valence-corrected chi connectivity index (χ0v) is 21.9. The number of nitrogens with zero attached hydrogens (tertiary/aromatic N) is 4. The number of imidazole rings is 1. The molecule has 8 nitrogen and oxygen atoms in total. The van der Waals surface area contributed by atoms with E-state index in [2.05, 4.69) is 59.6 Å². The van der Waals surface area contributed by atoms with Gasteiger partial charge in [-0.2, -0.15) is 0 Å². The van der Waals surface area contributed by atoms with Gasteiger partial charge in [-0.25, -0.2) is 9.97 Å². The summed E-state index contributed by atoms with van der Waals surface area (Å²) in [5, 5.41) is 6.40. The van der Waals surface area contributed by atoms with Gasteiger partial charge in [-0.3, -0.25) is 4.79 Å². The van der Waals surface area contributed by atoms with Crippen LogP contribution in [0.25, 0.3) is 11.0 Å². The Hall–Kier alpha value is -3.91. The summed E-state index contributed by atoms with van der Waals surface area (Å²) in [6.07, 6.45) is 3.37. The first-order valence-corrected chi connectivity index (χ1v) is 12.8. The van der Waals surface area contributed by atoms with Crippen molar-refractivity contribution in [3.05, 3.63) is 66.4 Å². The van der Waals surface area contributed by atoms with Crippen molar-refractivity contribution < 1.29 is 9.53 Å². The lowest BCUT2D eigenvalue weighted by atomic mass is 9.96. The number of ether oxygens (including phenoxy) is 1. The molecule has 0 bridgehead atoms. The molecule has 2 aromatic carbocycles. The second-order valence-electron chi connectivity index (χ2n) is 10.1. The van der Waals surface area contributed by atoms with Gasteiger partial charge in [0.25, 0.3) is 0 Å². The van der Waals surface area contributed by atoms with Gasteiger partial charge in [0.2, 0.25) is 11.9 Å². The largest absolute Gasteiger partial charge is 0.457 e. The quantitative estimate of drug-likeness (QED) is 0.330. The number of carbonyl (C=O) groups excluding carboxylic acids is 1. The van der Waals surface area contributed by atoms with Crippen molar-refractivity contribution >= 4 is 34.4 Å². The van der Waals surface area contributed by atoms with Gasteiger partial charge in [-0.15, -0.1) is 0 Å². The number of rotatable bonds is 7. The monoisotopic (exact) mass is 498 g/mol. The molecule has 1 aliphatic rings. The van der Waals surface area contributed by atoms with E-state index in [4.69, 9.17) is 9.72 Å². The van der Waals surface area contributed by atoms with Gasteiger partial charge in [0.05, 0.1) is 11.0 Å². The molecule has 1 aliphatic heterocycles. The highest BCUT2D eigenvalue weighted by Crippen LogP contribution is 2.29. The fourth-order valence-electron chi connectivity index (χ4n) is 4.64. The summed E-state index contributed by atoms with van der Waals surface area (Å²) < 4.78 is 8.14. The van der Waals surface area contributed by atoms with E-state index in [1.807, 2.05) is 35.9 Å². The standard InChI is InChI=1S/C29H34N6O2/c1-19(2)21-6-5-7-22(16-21)31-29-32-25-17-23(8-9-26(25)35(29)4)37-24-10-13-30-27(18-24)33-28(36)20-11-14-34(3)15-12-20/h5-10,13,16-20H,11-12,14-15H2,1-4H3,(H,31,32)(H,30,33,36). The summed E-state index contributed by atoms with van der Waals surface area (Å²) in [5.74, 6) is 3.02. The van der Waals surface area contributed by atoms with Crippen molar-refractivity contribution in [1.29, 1.82) is 0 Å². The number of amides is 1. The van der Waals surface area contributed by atoms with E-state index in [0.29, 0.717) is 23.2 Å². The van der Waals surface area contributed by atoms with Gasteiger partial charge in [0.1, 0.15) is 17.3 Å². The lowest BCUT2D eigenvalue weighted by molar-refractivity contribution is -0.121. The molecule has 0 aliphatic carbocycles. The van der Waals surface area contributed by atoms with E-state index in [1.165, 1.54) is 5.56 Å². The van der Waals surface area contributed by atoms with Crippen LogP contribution < -0.4 is 15.4 Å². The lowest BCUT2D eigenvalue weighted by Crippen LogP contribution is -2.36. The molecular weight excluding hydrogens is 464 g/mol. The number of likely N-dealkylation sites (tertiary alicyclic amines) is 1. The van der Waals surface area contributed by atoms with Crippen LogP contribution in [0.3, 0.4) is 0 Å². The van der Waals surface area contributed by atoms with Crippen molar-refractivity contribution in [3.63, 3.8) is 0 Å². The number of pyridine rings is 1. The highest BCUT2D eigenvalue weighted by Gasteiger charge is 2.23. The molecule has 0 unspecified atom stereocenters. The van der Waals surface area contributed by atoms with Crippen LogP contribution in [0.4, 0.5) is 17.5 Å². The molecule has 0 spiro atoms. The molecule has 1 saturated heterocycles. The first kappa shape index (κ1) is 24.8. The average molecular weight is 499 g/mol. The number of nitrogens with one attached hydrogen (secondary N) is 2. The van der Waals surface area contributed by atoms with Gasteiger partial charge in [-0.1, -0.05) is 26.0 Å². The SMILES string of the molecule is CC(C)c1cccc(Nc2nc3cc(Oc4ccnc(NC(=O)C5CCN(C)CC5)c4)ccc3n2C)c1. The second-order valence-corrected chi connectivity index (χ2v) is 10.1. The van der Waals surface area contributed by atoms with Crippen molar-refractivity contribution in [2.75, 3.05) is 30.8 Å². The maximum Gasteiger partial charge on any atom is 0.228 e. The Balaban J connectivity index is 1.29. The predicted molar refractivity (Wildman–Crippen MR) is 148 cm³/mol. The fraction of sp³-hybridized carbons (Fsp3) is 0.345. The lowest BCUT2D eigenvalue weighted by Gasteiger charge is -2.27. The van der Waals surface area contributed by atoms with Gasteiger partial charge in [0, 0.05) is 37.0 Å². The maximum absolute atomic E-state index is 12.7. The fourth-order valence-corrected chi connectivity index (χ4v) is 4.64. The van der Waals surface area contributed by atoms with Crippen LogP contribution in [0.5, 0.6) is 11.5 Å². The molecular formula is C29H34N6O2. The van der Waals surface area contributed by atoms with Gasteiger partial charge in [-0.05, 0) is 74.8 Å². The van der Waals surface area contributed by atoms with Gasteiger partial charge < -0.3 is 24.8 Å². The molecule has 37 heavy (non-hydrogen) atoms. The van der Waals surface area contributed by atoms with E-state index in [-0.39, 0.29) is 11.8 Å². The van der Waals surface area contributed by atoms with E-state index in [9.17, 15) is 4.79 Å². The highest BCUT2D eigenvalue weighted by molar-refractivity contribution is 5.91. The molecule has 1 fully saturated rings. The molecule has 0 saturated carbocycles. The first-order chi connectivity index (χ1) is 17.9. The molecule has 4 aromatic rings. The molecule has 5 rings (SSSR count). The van der Waals surface area contributed by atoms with Crippen LogP contribution in [0.2, 0.25) is 0 Å². The van der Waals surface area contributed by atoms with Crippen molar-refractivity contribution in [2.45, 2.75) is 32.6 Å². The van der Waals surface area contributed by atoms with Crippen molar-refractivity contribution in [2.24, 2.45) is 13.0 Å². The van der Waals surface area contributed by atoms with E-state index in [0.717, 1.165) is 48.6 Å². The Bertz CT molecular complexity index is 1400. The predicted octanol–water partition coefficient (Wildman–Crippen LogP) is 5.91. The zero-order chi connectivity index (χ0) is 25.9. The van der Waals surface area contributed by atoms with E-state index < -0.39 is 0 Å². The topological polar surface area (TPSA) is 84.3 Å². The Morgan fingerprint density at radius 1 is 1.03 bits per heavy atom. The normalized spacial score (nSPS) is 14.7. The molecule has 0 radical (unpaired) electrons. The van der Waals surface area contributed by atoms with Crippen LogP contribution in [-0.4, -0.2) is 45.5 Å². The van der Waals surface area contributed by atoms with Crippen LogP contribution in [0.15, 0.2) is 60.8 Å². The van der Waals surface area contributed by atoms with Crippen LogP contribution in [0, 0.1) is 5.92 Å². The Morgan fingerprint density at radius 3 is 2.59 bits per heavy atom. The summed E-state index contributed by atoms with van der Waals surface area (Å²) in [5.41, 5.74) is 4.11. The smallest absolute Gasteiger partial charge is 0.228 e. The Kier molecular flexibility index (Phi) is 7.10. The molecule has 2 aromatic heterocycles. The number of piperidine rings is 1. The van der Waals surface area contributed by atoms with E-state index in [1.54, 1.807) is 18.3 Å². The second kappa shape index (κ2) is 10.6. The molecule has 2 N–H and O–H groups in total. The molecule has 192 valence electrons. The minimum Gasteiger partial charge on any atom is -0.457 e. The number of anilines is 3. The van der Waals surface area contributed by atoms with Crippen LogP contribution in [0.1, 0.15) is 38.2 Å². The average Bonchev–Trinajstić information content (AvgIpc) is 3.19. The van der Waals surface area contributed by atoms with E-state index >= 15 is 0 Å². The first-order valence-electron chi connectivity index (χ1n) is 12.8.